The molecule has 0 unspecified atom stereocenters. The third-order valence-electron chi connectivity index (χ3n) is 3.37. The van der Waals surface area contributed by atoms with E-state index in [1.807, 2.05) is 25.1 Å². The van der Waals surface area contributed by atoms with Crippen molar-refractivity contribution in [3.63, 3.8) is 0 Å². The van der Waals surface area contributed by atoms with Crippen LogP contribution in [-0.4, -0.2) is 26.6 Å². The van der Waals surface area contributed by atoms with E-state index >= 15 is 0 Å². The van der Waals surface area contributed by atoms with Gasteiger partial charge in [0.05, 0.1) is 22.3 Å². The van der Waals surface area contributed by atoms with Gasteiger partial charge in [-0.1, -0.05) is 53.2 Å². The maximum absolute atomic E-state index is 12.1. The fourth-order valence-electron chi connectivity index (χ4n) is 2.24. The summed E-state index contributed by atoms with van der Waals surface area (Å²) in [7, 11) is 0. The molecule has 24 heavy (non-hydrogen) atoms. The number of pyridine rings is 1. The molecule has 0 radical (unpaired) electrons. The summed E-state index contributed by atoms with van der Waals surface area (Å²) in [5.41, 5.74) is 2.21. The Morgan fingerprint density at radius 3 is 2.96 bits per heavy atom. The molecule has 2 heterocycles. The predicted molar refractivity (Wildman–Crippen MR) is 97.6 cm³/mol. The van der Waals surface area contributed by atoms with Crippen LogP contribution in [0.15, 0.2) is 41.7 Å². The Bertz CT molecular complexity index is 883. The van der Waals surface area contributed by atoms with Crippen LogP contribution in [0.25, 0.3) is 11.2 Å². The fourth-order valence-corrected chi connectivity index (χ4v) is 3.38. The molecule has 1 aromatic carbocycles. The average molecular weight is 381 g/mol. The number of benzene rings is 1. The number of carbonyl (C=O) groups excluding carboxylic acids is 1. The van der Waals surface area contributed by atoms with Crippen molar-refractivity contribution in [2.24, 2.45) is 0 Å². The van der Waals surface area contributed by atoms with Gasteiger partial charge >= 0.3 is 0 Å². The van der Waals surface area contributed by atoms with Gasteiger partial charge < -0.3 is 10.3 Å². The number of nitrogens with zero attached hydrogens (tertiary/aromatic N) is 2. The van der Waals surface area contributed by atoms with Gasteiger partial charge in [0.15, 0.2) is 10.8 Å². The molecule has 5 nitrogen and oxygen atoms in total. The standard InChI is InChI=1S/C16H14Cl2N4OS/c1-9(11-4-2-3-5-12(11)18)20-14(23)8-24-16-21-13-6-10(17)7-19-15(13)22-16/h2-7,9H,8H2,1H3,(H,20,23)(H,19,21,22)/t9-/m0/s1. The number of carbonyl (C=O) groups is 1. The molecule has 1 atom stereocenters. The molecule has 0 saturated heterocycles. The number of halogens is 2. The third-order valence-corrected chi connectivity index (χ3v) is 4.80. The van der Waals surface area contributed by atoms with Gasteiger partial charge in [-0.2, -0.15) is 0 Å². The zero-order valence-electron chi connectivity index (χ0n) is 12.7. The van der Waals surface area contributed by atoms with Crippen LogP contribution in [0, 0.1) is 0 Å². The number of fused-ring (bicyclic) bond motifs is 1. The van der Waals surface area contributed by atoms with E-state index in [1.54, 1.807) is 12.1 Å². The highest BCUT2D eigenvalue weighted by Gasteiger charge is 2.13. The smallest absolute Gasteiger partial charge is 0.230 e. The van der Waals surface area contributed by atoms with Gasteiger partial charge in [0.2, 0.25) is 5.91 Å². The van der Waals surface area contributed by atoms with Gasteiger partial charge in [0.25, 0.3) is 0 Å². The Morgan fingerprint density at radius 1 is 1.38 bits per heavy atom. The first kappa shape index (κ1) is 17.1. The summed E-state index contributed by atoms with van der Waals surface area (Å²) < 4.78 is 0. The van der Waals surface area contributed by atoms with Crippen LogP contribution in [0.4, 0.5) is 0 Å². The molecule has 0 aliphatic rings. The first-order valence-corrected chi connectivity index (χ1v) is 8.95. The highest BCUT2D eigenvalue weighted by molar-refractivity contribution is 7.99. The van der Waals surface area contributed by atoms with Crippen LogP contribution in [0.2, 0.25) is 10.0 Å². The molecule has 3 aromatic rings. The van der Waals surface area contributed by atoms with Crippen LogP contribution in [0.1, 0.15) is 18.5 Å². The number of aromatic nitrogens is 3. The van der Waals surface area contributed by atoms with Crippen molar-refractivity contribution in [3.8, 4) is 0 Å². The van der Waals surface area contributed by atoms with Crippen LogP contribution in [0.3, 0.4) is 0 Å². The fraction of sp³-hybridized carbons (Fsp3) is 0.188. The number of amides is 1. The zero-order chi connectivity index (χ0) is 17.1. The minimum absolute atomic E-state index is 0.0983. The summed E-state index contributed by atoms with van der Waals surface area (Å²) in [5, 5.41) is 4.73. The van der Waals surface area contributed by atoms with Crippen molar-refractivity contribution in [2.45, 2.75) is 18.1 Å². The van der Waals surface area contributed by atoms with E-state index in [4.69, 9.17) is 23.2 Å². The maximum atomic E-state index is 12.1. The van der Waals surface area contributed by atoms with E-state index in [-0.39, 0.29) is 17.7 Å². The largest absolute Gasteiger partial charge is 0.349 e. The first-order valence-electron chi connectivity index (χ1n) is 7.21. The molecule has 0 aliphatic carbocycles. The normalized spacial score (nSPS) is 12.3. The van der Waals surface area contributed by atoms with E-state index in [2.05, 4.69) is 20.3 Å². The lowest BCUT2D eigenvalue weighted by atomic mass is 10.1. The van der Waals surface area contributed by atoms with Crippen molar-refractivity contribution in [2.75, 3.05) is 5.75 Å². The number of imidazole rings is 1. The van der Waals surface area contributed by atoms with Crippen LogP contribution >= 0.6 is 35.0 Å². The summed E-state index contributed by atoms with van der Waals surface area (Å²) in [6, 6.07) is 9.04. The Balaban J connectivity index is 1.59. The second-order valence-corrected chi connectivity index (χ2v) is 6.97. The van der Waals surface area contributed by atoms with Crippen LogP contribution in [0.5, 0.6) is 0 Å². The second-order valence-electron chi connectivity index (χ2n) is 5.17. The van der Waals surface area contributed by atoms with Crippen molar-refractivity contribution >= 4 is 52.0 Å². The molecule has 8 heteroatoms. The molecule has 2 aromatic heterocycles. The molecule has 1 amide bonds. The summed E-state index contributed by atoms with van der Waals surface area (Å²) >= 11 is 13.3. The number of hydrogen-bond acceptors (Lipinski definition) is 4. The molecule has 0 aliphatic heterocycles. The van der Waals surface area contributed by atoms with E-state index < -0.39 is 0 Å². The maximum Gasteiger partial charge on any atom is 0.230 e. The molecule has 3 rings (SSSR count). The van der Waals surface area contributed by atoms with Crippen molar-refractivity contribution < 1.29 is 4.79 Å². The quantitative estimate of drug-likeness (QED) is 0.649. The lowest BCUT2D eigenvalue weighted by molar-refractivity contribution is -0.119. The van der Waals surface area contributed by atoms with Crippen LogP contribution < -0.4 is 5.32 Å². The summed E-state index contributed by atoms with van der Waals surface area (Å²) in [6.07, 6.45) is 1.54. The van der Waals surface area contributed by atoms with E-state index in [0.717, 1.165) is 11.1 Å². The second kappa shape index (κ2) is 7.42. The minimum Gasteiger partial charge on any atom is -0.349 e. The van der Waals surface area contributed by atoms with Gasteiger partial charge in [-0.25, -0.2) is 9.97 Å². The summed E-state index contributed by atoms with van der Waals surface area (Å²) in [4.78, 5) is 23.7. The lowest BCUT2D eigenvalue weighted by Crippen LogP contribution is -2.28. The molecule has 2 N–H and O–H groups in total. The van der Waals surface area contributed by atoms with Crippen molar-refractivity contribution in [1.29, 1.82) is 0 Å². The SMILES string of the molecule is C[C@H](NC(=O)CSc1nc2ncc(Cl)cc2[nH]1)c1ccccc1Cl. The van der Waals surface area contributed by atoms with Gasteiger partial charge in [-0.05, 0) is 24.6 Å². The highest BCUT2D eigenvalue weighted by Crippen LogP contribution is 2.23. The molecular formula is C16H14Cl2N4OS. The summed E-state index contributed by atoms with van der Waals surface area (Å²) in [6.45, 7) is 1.90. The zero-order valence-corrected chi connectivity index (χ0v) is 15.0. The van der Waals surface area contributed by atoms with Crippen LogP contribution in [-0.2, 0) is 4.79 Å². The molecule has 0 saturated carbocycles. The number of H-pyrrole nitrogens is 1. The highest BCUT2D eigenvalue weighted by atomic mass is 35.5. The number of rotatable bonds is 5. The number of thioether (sulfide) groups is 1. The topological polar surface area (TPSA) is 70.7 Å². The molecule has 0 bridgehead atoms. The van der Waals surface area contributed by atoms with E-state index in [0.29, 0.717) is 20.8 Å². The molecule has 124 valence electrons. The van der Waals surface area contributed by atoms with Crippen molar-refractivity contribution in [1.82, 2.24) is 20.3 Å². The monoisotopic (exact) mass is 380 g/mol. The van der Waals surface area contributed by atoms with Gasteiger partial charge in [0, 0.05) is 11.2 Å². The van der Waals surface area contributed by atoms with Crippen molar-refractivity contribution in [3.05, 3.63) is 52.1 Å². The van der Waals surface area contributed by atoms with E-state index in [1.165, 1.54) is 18.0 Å². The number of aromatic amines is 1. The predicted octanol–water partition coefficient (Wildman–Crippen LogP) is 4.23. The Kier molecular flexibility index (Phi) is 5.28. The van der Waals surface area contributed by atoms with Gasteiger partial charge in [-0.3, -0.25) is 4.79 Å². The number of hydrogen-bond donors (Lipinski definition) is 2. The Hall–Kier alpha value is -1.76. The van der Waals surface area contributed by atoms with Gasteiger partial charge in [-0.15, -0.1) is 0 Å². The lowest BCUT2D eigenvalue weighted by Gasteiger charge is -2.15. The van der Waals surface area contributed by atoms with Gasteiger partial charge in [0.1, 0.15) is 0 Å². The average Bonchev–Trinajstić information content (AvgIpc) is 2.95. The Morgan fingerprint density at radius 2 is 2.17 bits per heavy atom. The Labute approximate surface area is 153 Å². The molecular weight excluding hydrogens is 367 g/mol. The molecule has 0 fully saturated rings. The first-order chi connectivity index (χ1) is 11.5. The van der Waals surface area contributed by atoms with E-state index in [9.17, 15) is 4.79 Å². The number of nitrogens with one attached hydrogen (secondary N) is 2. The minimum atomic E-state index is -0.164. The summed E-state index contributed by atoms with van der Waals surface area (Å²) in [5.74, 6) is 0.140. The third kappa shape index (κ3) is 4.01. The molecule has 0 spiro atoms.